The minimum absolute atomic E-state index is 0.0465. The zero-order chi connectivity index (χ0) is 12.0. The summed E-state index contributed by atoms with van der Waals surface area (Å²) in [6.07, 6.45) is 5.55. The monoisotopic (exact) mass is 216 g/mol. The number of hydrogen-bond acceptors (Lipinski definition) is 2. The molecule has 1 atom stereocenters. The summed E-state index contributed by atoms with van der Waals surface area (Å²) in [5.41, 5.74) is 6.30. The molecule has 0 bridgehead atoms. The highest BCUT2D eigenvalue weighted by atomic mass is 16.1. The fraction of sp³-hybridized carbons (Fsp3) is 0.308. The van der Waals surface area contributed by atoms with Crippen molar-refractivity contribution in [1.29, 1.82) is 0 Å². The number of terminal acetylenes is 1. The zero-order valence-electron chi connectivity index (χ0n) is 9.39. The second-order valence-electron chi connectivity index (χ2n) is 3.72. The normalized spacial score (nSPS) is 12.1. The molecule has 0 radical (unpaired) electrons. The van der Waals surface area contributed by atoms with Gasteiger partial charge in [-0.15, -0.1) is 6.42 Å². The number of primary amides is 1. The maximum atomic E-state index is 11.0. The van der Waals surface area contributed by atoms with Gasteiger partial charge in [0, 0.05) is 12.5 Å². The van der Waals surface area contributed by atoms with Crippen molar-refractivity contribution >= 4 is 5.91 Å². The number of amides is 1. The highest BCUT2D eigenvalue weighted by molar-refractivity contribution is 5.74. The SMILES string of the molecule is C#CCN(C)[C@H](CC(N)=O)c1ccccc1. The van der Waals surface area contributed by atoms with Crippen LogP contribution < -0.4 is 5.73 Å². The predicted octanol–water partition coefficient (Wildman–Crippen LogP) is 1.17. The molecule has 84 valence electrons. The van der Waals surface area contributed by atoms with E-state index in [2.05, 4.69) is 5.92 Å². The Hall–Kier alpha value is -1.79. The van der Waals surface area contributed by atoms with Crippen LogP contribution in [0.15, 0.2) is 30.3 Å². The molecule has 0 spiro atoms. The summed E-state index contributed by atoms with van der Waals surface area (Å²) in [4.78, 5) is 13.0. The van der Waals surface area contributed by atoms with Gasteiger partial charge in [0.05, 0.1) is 6.54 Å². The standard InChI is InChI=1S/C13H16N2O/c1-3-9-15(2)12(10-13(14)16)11-7-5-4-6-8-11/h1,4-8,12H,9-10H2,2H3,(H2,14,16)/t12-/m1/s1. The maximum Gasteiger partial charge on any atom is 0.219 e. The molecule has 0 saturated heterocycles. The van der Waals surface area contributed by atoms with Gasteiger partial charge in [-0.3, -0.25) is 9.69 Å². The lowest BCUT2D eigenvalue weighted by molar-refractivity contribution is -0.119. The quantitative estimate of drug-likeness (QED) is 0.751. The van der Waals surface area contributed by atoms with Crippen molar-refractivity contribution in [1.82, 2.24) is 4.90 Å². The van der Waals surface area contributed by atoms with Crippen molar-refractivity contribution in [3.8, 4) is 12.3 Å². The molecule has 1 amide bonds. The van der Waals surface area contributed by atoms with E-state index < -0.39 is 0 Å². The zero-order valence-corrected chi connectivity index (χ0v) is 9.39. The molecule has 0 aliphatic carbocycles. The molecule has 0 aliphatic heterocycles. The van der Waals surface area contributed by atoms with E-state index >= 15 is 0 Å². The molecule has 0 unspecified atom stereocenters. The van der Waals surface area contributed by atoms with Crippen LogP contribution in [0, 0.1) is 12.3 Å². The van der Waals surface area contributed by atoms with Crippen LogP contribution in [0.3, 0.4) is 0 Å². The minimum Gasteiger partial charge on any atom is -0.370 e. The Labute approximate surface area is 96.2 Å². The lowest BCUT2D eigenvalue weighted by Crippen LogP contribution is -2.29. The van der Waals surface area contributed by atoms with Gasteiger partial charge >= 0.3 is 0 Å². The second-order valence-corrected chi connectivity index (χ2v) is 3.72. The summed E-state index contributed by atoms with van der Waals surface area (Å²) in [6.45, 7) is 0.493. The molecule has 1 rings (SSSR count). The number of hydrogen-bond donors (Lipinski definition) is 1. The molecule has 0 saturated carbocycles. The first kappa shape index (κ1) is 12.3. The highest BCUT2D eigenvalue weighted by Crippen LogP contribution is 2.22. The summed E-state index contributed by atoms with van der Waals surface area (Å²) < 4.78 is 0. The molecule has 0 aliphatic rings. The number of carbonyl (C=O) groups excluding carboxylic acids is 1. The minimum atomic E-state index is -0.322. The largest absolute Gasteiger partial charge is 0.370 e. The van der Waals surface area contributed by atoms with Gasteiger partial charge in [-0.2, -0.15) is 0 Å². The predicted molar refractivity (Wildman–Crippen MR) is 64.5 cm³/mol. The van der Waals surface area contributed by atoms with Crippen LogP contribution in [-0.2, 0) is 4.79 Å². The van der Waals surface area contributed by atoms with Crippen molar-refractivity contribution in [2.24, 2.45) is 5.73 Å². The van der Waals surface area contributed by atoms with Gasteiger partial charge in [-0.25, -0.2) is 0 Å². The maximum absolute atomic E-state index is 11.0. The van der Waals surface area contributed by atoms with Crippen molar-refractivity contribution in [2.75, 3.05) is 13.6 Å². The van der Waals surface area contributed by atoms with Gasteiger partial charge in [0.25, 0.3) is 0 Å². The Balaban J connectivity index is 2.88. The van der Waals surface area contributed by atoms with E-state index in [1.54, 1.807) is 0 Å². The van der Waals surface area contributed by atoms with Gasteiger partial charge in [0.1, 0.15) is 0 Å². The summed E-state index contributed by atoms with van der Waals surface area (Å²) >= 11 is 0. The van der Waals surface area contributed by atoms with E-state index in [0.717, 1.165) is 5.56 Å². The van der Waals surface area contributed by atoms with Gasteiger partial charge in [0.15, 0.2) is 0 Å². The van der Waals surface area contributed by atoms with E-state index in [0.29, 0.717) is 6.54 Å². The fourth-order valence-corrected chi connectivity index (χ4v) is 1.65. The third-order valence-electron chi connectivity index (χ3n) is 2.45. The molecule has 3 heteroatoms. The third-order valence-corrected chi connectivity index (χ3v) is 2.45. The first-order chi connectivity index (χ1) is 7.65. The summed E-state index contributed by atoms with van der Waals surface area (Å²) in [5.74, 6) is 2.24. The van der Waals surface area contributed by atoms with E-state index in [-0.39, 0.29) is 18.4 Å². The Kier molecular flexibility index (Phi) is 4.56. The van der Waals surface area contributed by atoms with Gasteiger partial charge in [-0.05, 0) is 12.6 Å². The van der Waals surface area contributed by atoms with E-state index in [9.17, 15) is 4.79 Å². The van der Waals surface area contributed by atoms with Crippen LogP contribution in [-0.4, -0.2) is 24.4 Å². The molecule has 0 aromatic heterocycles. The Morgan fingerprint density at radius 3 is 2.62 bits per heavy atom. The van der Waals surface area contributed by atoms with Crippen molar-refractivity contribution in [2.45, 2.75) is 12.5 Å². The molecular weight excluding hydrogens is 200 g/mol. The van der Waals surface area contributed by atoms with Crippen molar-refractivity contribution in [3.63, 3.8) is 0 Å². The number of benzene rings is 1. The van der Waals surface area contributed by atoms with E-state index in [1.165, 1.54) is 0 Å². The van der Waals surface area contributed by atoms with Crippen LogP contribution >= 0.6 is 0 Å². The van der Waals surface area contributed by atoms with Gasteiger partial charge < -0.3 is 5.73 Å². The molecule has 1 aromatic carbocycles. The van der Waals surface area contributed by atoms with E-state index in [4.69, 9.17) is 12.2 Å². The first-order valence-corrected chi connectivity index (χ1v) is 5.12. The Morgan fingerprint density at radius 1 is 1.50 bits per heavy atom. The van der Waals surface area contributed by atoms with Crippen LogP contribution in [0.4, 0.5) is 0 Å². The summed E-state index contributed by atoms with van der Waals surface area (Å²) in [5, 5.41) is 0. The number of rotatable bonds is 5. The second kappa shape index (κ2) is 5.94. The van der Waals surface area contributed by atoms with Gasteiger partial charge in [-0.1, -0.05) is 36.3 Å². The van der Waals surface area contributed by atoms with Crippen LogP contribution in [0.25, 0.3) is 0 Å². The van der Waals surface area contributed by atoms with Crippen molar-refractivity contribution in [3.05, 3.63) is 35.9 Å². The molecular formula is C13H16N2O. The van der Waals surface area contributed by atoms with E-state index in [1.807, 2.05) is 42.3 Å². The smallest absolute Gasteiger partial charge is 0.219 e. The molecule has 0 heterocycles. The summed E-state index contributed by atoms with van der Waals surface area (Å²) in [6, 6.07) is 9.71. The summed E-state index contributed by atoms with van der Waals surface area (Å²) in [7, 11) is 1.89. The highest BCUT2D eigenvalue weighted by Gasteiger charge is 2.18. The Bertz CT molecular complexity index is 381. The fourth-order valence-electron chi connectivity index (χ4n) is 1.65. The number of nitrogens with zero attached hydrogens (tertiary/aromatic N) is 1. The molecule has 3 nitrogen and oxygen atoms in total. The number of carbonyl (C=O) groups is 1. The average Bonchev–Trinajstić information content (AvgIpc) is 2.27. The van der Waals surface area contributed by atoms with Crippen LogP contribution in [0.1, 0.15) is 18.0 Å². The lowest BCUT2D eigenvalue weighted by Gasteiger charge is -2.25. The Morgan fingerprint density at radius 2 is 2.12 bits per heavy atom. The first-order valence-electron chi connectivity index (χ1n) is 5.12. The average molecular weight is 216 g/mol. The lowest BCUT2D eigenvalue weighted by atomic mass is 10.0. The molecule has 2 N–H and O–H groups in total. The molecule has 0 fully saturated rings. The number of nitrogens with two attached hydrogens (primary N) is 1. The molecule has 16 heavy (non-hydrogen) atoms. The van der Waals surface area contributed by atoms with Gasteiger partial charge in [0.2, 0.25) is 5.91 Å². The topological polar surface area (TPSA) is 46.3 Å². The van der Waals surface area contributed by atoms with Crippen molar-refractivity contribution < 1.29 is 4.79 Å². The molecule has 1 aromatic rings. The van der Waals surface area contributed by atoms with Crippen LogP contribution in [0.5, 0.6) is 0 Å². The third kappa shape index (κ3) is 3.41. The van der Waals surface area contributed by atoms with Crippen LogP contribution in [0.2, 0.25) is 0 Å².